The maximum Gasteiger partial charge on any atom is 0.306 e. The summed E-state index contributed by atoms with van der Waals surface area (Å²) in [4.78, 5) is 11.7. The van der Waals surface area contributed by atoms with E-state index in [-0.39, 0.29) is 12.1 Å². The van der Waals surface area contributed by atoms with Gasteiger partial charge < -0.3 is 10.5 Å². The lowest BCUT2D eigenvalue weighted by molar-refractivity contribution is -0.149. The van der Waals surface area contributed by atoms with E-state index in [2.05, 4.69) is 13.8 Å². The van der Waals surface area contributed by atoms with Gasteiger partial charge in [-0.1, -0.05) is 46.0 Å². The number of esters is 1. The Hall–Kier alpha value is -0.570. The first-order valence-electron chi connectivity index (χ1n) is 8.14. The molecule has 19 heavy (non-hydrogen) atoms. The van der Waals surface area contributed by atoms with Crippen LogP contribution in [0.1, 0.15) is 84.5 Å². The highest BCUT2D eigenvalue weighted by atomic mass is 16.5. The fourth-order valence-electron chi connectivity index (χ4n) is 2.16. The molecular formula is C16H33NO2. The lowest BCUT2D eigenvalue weighted by Crippen LogP contribution is -2.17. The summed E-state index contributed by atoms with van der Waals surface area (Å²) in [6, 6.07) is 0. The van der Waals surface area contributed by atoms with E-state index in [9.17, 15) is 4.79 Å². The highest BCUT2D eigenvalue weighted by Gasteiger charge is 2.11. The topological polar surface area (TPSA) is 52.3 Å². The van der Waals surface area contributed by atoms with Gasteiger partial charge in [-0.3, -0.25) is 4.79 Å². The summed E-state index contributed by atoms with van der Waals surface area (Å²) in [5, 5.41) is 0. The molecule has 0 spiro atoms. The van der Waals surface area contributed by atoms with Crippen molar-refractivity contribution in [2.45, 2.75) is 90.6 Å². The van der Waals surface area contributed by atoms with Crippen molar-refractivity contribution in [3.05, 3.63) is 0 Å². The first-order valence-corrected chi connectivity index (χ1v) is 8.14. The molecule has 3 heteroatoms. The number of carbonyl (C=O) groups is 1. The summed E-state index contributed by atoms with van der Waals surface area (Å²) in [7, 11) is 0. The summed E-state index contributed by atoms with van der Waals surface area (Å²) in [6.07, 6.45) is 11.8. The fourth-order valence-corrected chi connectivity index (χ4v) is 2.16. The number of ether oxygens (including phenoxy) is 1. The summed E-state index contributed by atoms with van der Waals surface area (Å²) in [6.45, 7) is 5.06. The molecule has 0 aromatic rings. The second kappa shape index (κ2) is 13.9. The number of carbonyl (C=O) groups excluding carboxylic acids is 1. The molecule has 1 unspecified atom stereocenters. The van der Waals surface area contributed by atoms with Crippen molar-refractivity contribution >= 4 is 5.97 Å². The van der Waals surface area contributed by atoms with Crippen molar-refractivity contribution in [1.82, 2.24) is 0 Å². The minimum Gasteiger partial charge on any atom is -0.462 e. The first kappa shape index (κ1) is 18.4. The van der Waals surface area contributed by atoms with Gasteiger partial charge in [0.2, 0.25) is 0 Å². The summed E-state index contributed by atoms with van der Waals surface area (Å²) < 4.78 is 5.52. The maximum atomic E-state index is 11.7. The smallest absolute Gasteiger partial charge is 0.306 e. The Morgan fingerprint density at radius 1 is 1.00 bits per heavy atom. The van der Waals surface area contributed by atoms with Crippen LogP contribution < -0.4 is 5.73 Å². The molecule has 0 radical (unpaired) electrons. The quantitative estimate of drug-likeness (QED) is 0.404. The van der Waals surface area contributed by atoms with E-state index in [4.69, 9.17) is 10.5 Å². The van der Waals surface area contributed by atoms with Crippen LogP contribution in [0.25, 0.3) is 0 Å². The third-order valence-electron chi connectivity index (χ3n) is 3.47. The molecule has 0 aromatic heterocycles. The number of hydrogen-bond acceptors (Lipinski definition) is 3. The van der Waals surface area contributed by atoms with Crippen LogP contribution in [0.5, 0.6) is 0 Å². The second-order valence-electron chi connectivity index (χ2n) is 5.32. The van der Waals surface area contributed by atoms with Crippen molar-refractivity contribution < 1.29 is 9.53 Å². The molecule has 0 fully saturated rings. The molecule has 0 aliphatic carbocycles. The third-order valence-corrected chi connectivity index (χ3v) is 3.47. The van der Waals surface area contributed by atoms with E-state index in [0.717, 1.165) is 38.6 Å². The van der Waals surface area contributed by atoms with E-state index >= 15 is 0 Å². The Kier molecular flexibility index (Phi) is 13.4. The third kappa shape index (κ3) is 12.2. The molecule has 0 bridgehead atoms. The van der Waals surface area contributed by atoms with Gasteiger partial charge in [0.15, 0.2) is 0 Å². The standard InChI is InChI=1S/C16H33NO2/c1-3-5-9-12-15(4-2)19-16(18)13-10-7-6-8-11-14-17/h15H,3-14,17H2,1-2H3. The van der Waals surface area contributed by atoms with Gasteiger partial charge in [0.05, 0.1) is 0 Å². The van der Waals surface area contributed by atoms with Crippen LogP contribution >= 0.6 is 0 Å². The van der Waals surface area contributed by atoms with Gasteiger partial charge in [-0.05, 0) is 38.6 Å². The van der Waals surface area contributed by atoms with E-state index in [0.29, 0.717) is 6.42 Å². The molecular weight excluding hydrogens is 238 g/mol. The molecule has 0 aromatic carbocycles. The molecule has 0 aliphatic rings. The molecule has 0 amide bonds. The molecule has 0 saturated carbocycles. The van der Waals surface area contributed by atoms with Crippen LogP contribution in [-0.4, -0.2) is 18.6 Å². The zero-order valence-electron chi connectivity index (χ0n) is 13.0. The van der Waals surface area contributed by atoms with Crippen molar-refractivity contribution in [2.24, 2.45) is 5.73 Å². The van der Waals surface area contributed by atoms with Gasteiger partial charge in [-0.15, -0.1) is 0 Å². The zero-order valence-corrected chi connectivity index (χ0v) is 13.0. The number of hydrogen-bond donors (Lipinski definition) is 1. The van der Waals surface area contributed by atoms with Crippen LogP contribution in [0, 0.1) is 0 Å². The summed E-state index contributed by atoms with van der Waals surface area (Å²) >= 11 is 0. The molecule has 0 saturated heterocycles. The second-order valence-corrected chi connectivity index (χ2v) is 5.32. The molecule has 0 aliphatic heterocycles. The zero-order chi connectivity index (χ0) is 14.3. The Morgan fingerprint density at radius 3 is 2.32 bits per heavy atom. The van der Waals surface area contributed by atoms with Gasteiger partial charge >= 0.3 is 5.97 Å². The van der Waals surface area contributed by atoms with Crippen LogP contribution in [0.3, 0.4) is 0 Å². The van der Waals surface area contributed by atoms with Crippen molar-refractivity contribution in [3.63, 3.8) is 0 Å². The predicted octanol–water partition coefficient (Wildman–Crippen LogP) is 4.19. The molecule has 0 heterocycles. The monoisotopic (exact) mass is 271 g/mol. The first-order chi connectivity index (χ1) is 9.24. The summed E-state index contributed by atoms with van der Waals surface area (Å²) in [5.41, 5.74) is 5.44. The van der Waals surface area contributed by atoms with Crippen LogP contribution in [0.2, 0.25) is 0 Å². The van der Waals surface area contributed by atoms with Gasteiger partial charge in [-0.25, -0.2) is 0 Å². The summed E-state index contributed by atoms with van der Waals surface area (Å²) in [5.74, 6) is -0.0119. The maximum absolute atomic E-state index is 11.7. The van der Waals surface area contributed by atoms with Gasteiger partial charge in [0, 0.05) is 6.42 Å². The van der Waals surface area contributed by atoms with E-state index in [1.54, 1.807) is 0 Å². The highest BCUT2D eigenvalue weighted by Crippen LogP contribution is 2.12. The Bertz CT molecular complexity index is 207. The highest BCUT2D eigenvalue weighted by molar-refractivity contribution is 5.69. The molecule has 0 rings (SSSR count). The molecule has 114 valence electrons. The van der Waals surface area contributed by atoms with E-state index in [1.165, 1.54) is 32.1 Å². The number of nitrogens with two attached hydrogens (primary N) is 1. The Labute approximate surface area is 119 Å². The van der Waals surface area contributed by atoms with Crippen LogP contribution in [0.15, 0.2) is 0 Å². The SMILES string of the molecule is CCCCCC(CC)OC(=O)CCCCCCCN. The lowest BCUT2D eigenvalue weighted by atomic mass is 10.1. The average Bonchev–Trinajstić information content (AvgIpc) is 2.41. The van der Waals surface area contributed by atoms with Crippen molar-refractivity contribution in [3.8, 4) is 0 Å². The van der Waals surface area contributed by atoms with Crippen molar-refractivity contribution in [1.29, 1.82) is 0 Å². The van der Waals surface area contributed by atoms with Crippen LogP contribution in [-0.2, 0) is 9.53 Å². The number of unbranched alkanes of at least 4 members (excludes halogenated alkanes) is 6. The number of rotatable bonds is 13. The van der Waals surface area contributed by atoms with Gasteiger partial charge in [0.25, 0.3) is 0 Å². The predicted molar refractivity (Wildman–Crippen MR) is 81.1 cm³/mol. The normalized spacial score (nSPS) is 12.4. The van der Waals surface area contributed by atoms with Gasteiger partial charge in [-0.2, -0.15) is 0 Å². The molecule has 2 N–H and O–H groups in total. The Morgan fingerprint density at radius 2 is 1.68 bits per heavy atom. The Balaban J connectivity index is 3.53. The van der Waals surface area contributed by atoms with Crippen LogP contribution in [0.4, 0.5) is 0 Å². The average molecular weight is 271 g/mol. The minimum absolute atomic E-state index is 0.0119. The molecule has 3 nitrogen and oxygen atoms in total. The molecule has 1 atom stereocenters. The fraction of sp³-hybridized carbons (Fsp3) is 0.938. The van der Waals surface area contributed by atoms with Crippen molar-refractivity contribution in [2.75, 3.05) is 6.54 Å². The van der Waals surface area contributed by atoms with Gasteiger partial charge in [0.1, 0.15) is 6.10 Å². The minimum atomic E-state index is -0.0119. The lowest BCUT2D eigenvalue weighted by Gasteiger charge is -2.16. The van der Waals surface area contributed by atoms with E-state index < -0.39 is 0 Å². The largest absolute Gasteiger partial charge is 0.462 e. The van der Waals surface area contributed by atoms with E-state index in [1.807, 2.05) is 0 Å².